The molecular formula is C14H14N2O2. The molecule has 1 aromatic heterocycles. The average Bonchev–Trinajstić information content (AvgIpc) is 2.39. The SMILES string of the molecule is COc1ccc(NC(=O)c2ccnc(C)c2)cc1. The van der Waals surface area contributed by atoms with Crippen LogP contribution in [0.3, 0.4) is 0 Å². The number of methoxy groups -OCH3 is 1. The van der Waals surface area contributed by atoms with Gasteiger partial charge in [0.15, 0.2) is 0 Å². The van der Waals surface area contributed by atoms with Gasteiger partial charge in [0.1, 0.15) is 5.75 Å². The summed E-state index contributed by atoms with van der Waals surface area (Å²) < 4.78 is 5.05. The van der Waals surface area contributed by atoms with Crippen molar-refractivity contribution in [2.24, 2.45) is 0 Å². The van der Waals surface area contributed by atoms with Gasteiger partial charge in [-0.1, -0.05) is 0 Å². The number of hydrogen-bond donors (Lipinski definition) is 1. The number of benzene rings is 1. The van der Waals surface area contributed by atoms with E-state index in [-0.39, 0.29) is 5.91 Å². The van der Waals surface area contributed by atoms with Crippen molar-refractivity contribution < 1.29 is 9.53 Å². The Balaban J connectivity index is 2.11. The lowest BCUT2D eigenvalue weighted by Gasteiger charge is -2.06. The Morgan fingerprint density at radius 3 is 2.56 bits per heavy atom. The Hall–Kier alpha value is -2.36. The molecule has 0 radical (unpaired) electrons. The van der Waals surface area contributed by atoms with Crippen molar-refractivity contribution in [3.63, 3.8) is 0 Å². The van der Waals surface area contributed by atoms with Gasteiger partial charge in [0.05, 0.1) is 7.11 Å². The summed E-state index contributed by atoms with van der Waals surface area (Å²) >= 11 is 0. The topological polar surface area (TPSA) is 51.2 Å². The van der Waals surface area contributed by atoms with E-state index in [1.54, 1.807) is 49.7 Å². The van der Waals surface area contributed by atoms with Gasteiger partial charge in [-0.25, -0.2) is 0 Å². The van der Waals surface area contributed by atoms with Crippen LogP contribution in [0.2, 0.25) is 0 Å². The molecule has 1 amide bonds. The van der Waals surface area contributed by atoms with Crippen molar-refractivity contribution >= 4 is 11.6 Å². The quantitative estimate of drug-likeness (QED) is 0.900. The lowest BCUT2D eigenvalue weighted by atomic mass is 10.2. The highest BCUT2D eigenvalue weighted by Crippen LogP contribution is 2.15. The Morgan fingerprint density at radius 1 is 1.22 bits per heavy atom. The number of nitrogens with zero attached hydrogens (tertiary/aromatic N) is 1. The molecule has 2 aromatic rings. The van der Waals surface area contributed by atoms with Crippen LogP contribution in [-0.2, 0) is 0 Å². The van der Waals surface area contributed by atoms with Crippen LogP contribution in [-0.4, -0.2) is 18.0 Å². The number of carbonyl (C=O) groups is 1. The number of hydrogen-bond acceptors (Lipinski definition) is 3. The maximum atomic E-state index is 12.0. The van der Waals surface area contributed by atoms with E-state index < -0.39 is 0 Å². The Morgan fingerprint density at radius 2 is 1.94 bits per heavy atom. The first kappa shape index (κ1) is 12.1. The van der Waals surface area contributed by atoms with Crippen LogP contribution < -0.4 is 10.1 Å². The van der Waals surface area contributed by atoms with Gasteiger partial charge >= 0.3 is 0 Å². The summed E-state index contributed by atoms with van der Waals surface area (Å²) in [5.41, 5.74) is 2.14. The van der Waals surface area contributed by atoms with E-state index in [1.807, 2.05) is 6.92 Å². The molecule has 1 heterocycles. The van der Waals surface area contributed by atoms with Gasteiger partial charge in [0, 0.05) is 23.1 Å². The zero-order valence-electron chi connectivity index (χ0n) is 10.3. The van der Waals surface area contributed by atoms with Crippen molar-refractivity contribution in [2.45, 2.75) is 6.92 Å². The molecule has 0 saturated heterocycles. The zero-order valence-corrected chi connectivity index (χ0v) is 10.3. The number of aromatic nitrogens is 1. The summed E-state index contributed by atoms with van der Waals surface area (Å²) in [6, 6.07) is 10.6. The molecule has 1 aromatic carbocycles. The standard InChI is InChI=1S/C14H14N2O2/c1-10-9-11(7-8-15-10)14(17)16-12-3-5-13(18-2)6-4-12/h3-9H,1-2H3,(H,16,17). The van der Waals surface area contributed by atoms with E-state index in [0.717, 1.165) is 17.1 Å². The fourth-order valence-electron chi connectivity index (χ4n) is 1.56. The van der Waals surface area contributed by atoms with E-state index in [1.165, 1.54) is 0 Å². The van der Waals surface area contributed by atoms with Crippen LogP contribution in [0.1, 0.15) is 16.1 Å². The first-order valence-electron chi connectivity index (χ1n) is 5.57. The van der Waals surface area contributed by atoms with Crippen LogP contribution in [0.15, 0.2) is 42.6 Å². The van der Waals surface area contributed by atoms with Crippen LogP contribution in [0, 0.1) is 6.92 Å². The molecule has 1 N–H and O–H groups in total. The number of pyridine rings is 1. The molecule has 0 atom stereocenters. The normalized spacial score (nSPS) is 9.89. The van der Waals surface area contributed by atoms with E-state index in [4.69, 9.17) is 4.74 Å². The van der Waals surface area contributed by atoms with Crippen molar-refractivity contribution in [3.05, 3.63) is 53.9 Å². The minimum absolute atomic E-state index is 0.148. The van der Waals surface area contributed by atoms with E-state index in [0.29, 0.717) is 5.56 Å². The molecule has 4 nitrogen and oxygen atoms in total. The second-order valence-corrected chi connectivity index (χ2v) is 3.87. The van der Waals surface area contributed by atoms with E-state index in [2.05, 4.69) is 10.3 Å². The third-order valence-corrected chi connectivity index (χ3v) is 2.51. The van der Waals surface area contributed by atoms with Gasteiger partial charge in [0.2, 0.25) is 0 Å². The molecule has 18 heavy (non-hydrogen) atoms. The van der Waals surface area contributed by atoms with Crippen molar-refractivity contribution in [3.8, 4) is 5.75 Å². The molecule has 0 unspecified atom stereocenters. The fourth-order valence-corrected chi connectivity index (χ4v) is 1.56. The van der Waals surface area contributed by atoms with Crippen molar-refractivity contribution in [1.29, 1.82) is 0 Å². The molecule has 0 aliphatic heterocycles. The summed E-state index contributed by atoms with van der Waals surface area (Å²) in [6.07, 6.45) is 1.62. The van der Waals surface area contributed by atoms with Gasteiger partial charge in [-0.3, -0.25) is 9.78 Å². The highest BCUT2D eigenvalue weighted by atomic mass is 16.5. The molecule has 0 spiro atoms. The largest absolute Gasteiger partial charge is 0.497 e. The molecule has 0 saturated carbocycles. The number of rotatable bonds is 3. The van der Waals surface area contributed by atoms with Gasteiger partial charge in [0.25, 0.3) is 5.91 Å². The van der Waals surface area contributed by atoms with Crippen LogP contribution in [0.4, 0.5) is 5.69 Å². The van der Waals surface area contributed by atoms with Crippen LogP contribution in [0.25, 0.3) is 0 Å². The molecule has 0 fully saturated rings. The van der Waals surface area contributed by atoms with Crippen molar-refractivity contribution in [2.75, 3.05) is 12.4 Å². The second-order valence-electron chi connectivity index (χ2n) is 3.87. The maximum Gasteiger partial charge on any atom is 0.255 e. The summed E-state index contributed by atoms with van der Waals surface area (Å²) in [5, 5.41) is 2.81. The molecular weight excluding hydrogens is 228 g/mol. The van der Waals surface area contributed by atoms with Gasteiger partial charge in [-0.15, -0.1) is 0 Å². The van der Waals surface area contributed by atoms with Gasteiger partial charge < -0.3 is 10.1 Å². The monoisotopic (exact) mass is 242 g/mol. The molecule has 2 rings (SSSR count). The summed E-state index contributed by atoms with van der Waals surface area (Å²) in [4.78, 5) is 16.0. The number of anilines is 1. The lowest BCUT2D eigenvalue weighted by molar-refractivity contribution is 0.102. The minimum Gasteiger partial charge on any atom is -0.497 e. The zero-order chi connectivity index (χ0) is 13.0. The highest BCUT2D eigenvalue weighted by Gasteiger charge is 2.06. The smallest absolute Gasteiger partial charge is 0.255 e. The second kappa shape index (κ2) is 5.31. The molecule has 0 bridgehead atoms. The highest BCUT2D eigenvalue weighted by molar-refractivity contribution is 6.04. The molecule has 0 aliphatic carbocycles. The average molecular weight is 242 g/mol. The van der Waals surface area contributed by atoms with E-state index >= 15 is 0 Å². The maximum absolute atomic E-state index is 12.0. The summed E-state index contributed by atoms with van der Waals surface area (Å²) in [7, 11) is 1.60. The third kappa shape index (κ3) is 2.85. The first-order valence-corrected chi connectivity index (χ1v) is 5.57. The fraction of sp³-hybridized carbons (Fsp3) is 0.143. The third-order valence-electron chi connectivity index (χ3n) is 2.51. The first-order chi connectivity index (χ1) is 8.69. The van der Waals surface area contributed by atoms with Crippen molar-refractivity contribution in [1.82, 2.24) is 4.98 Å². The lowest BCUT2D eigenvalue weighted by Crippen LogP contribution is -2.12. The molecule has 92 valence electrons. The van der Waals surface area contributed by atoms with E-state index in [9.17, 15) is 4.79 Å². The Labute approximate surface area is 106 Å². The molecule has 4 heteroatoms. The number of nitrogens with one attached hydrogen (secondary N) is 1. The predicted octanol–water partition coefficient (Wildman–Crippen LogP) is 2.65. The number of aryl methyl sites for hydroxylation is 1. The number of ether oxygens (including phenoxy) is 1. The van der Waals surface area contributed by atoms with Crippen LogP contribution >= 0.6 is 0 Å². The number of carbonyl (C=O) groups excluding carboxylic acids is 1. The van der Waals surface area contributed by atoms with Crippen LogP contribution in [0.5, 0.6) is 5.75 Å². The predicted molar refractivity (Wildman–Crippen MR) is 69.9 cm³/mol. The molecule has 0 aliphatic rings. The minimum atomic E-state index is -0.148. The summed E-state index contributed by atoms with van der Waals surface area (Å²) in [5.74, 6) is 0.610. The van der Waals surface area contributed by atoms with Gasteiger partial charge in [-0.05, 0) is 43.3 Å². The number of amides is 1. The van der Waals surface area contributed by atoms with Gasteiger partial charge in [-0.2, -0.15) is 0 Å². The Bertz CT molecular complexity index is 550. The summed E-state index contributed by atoms with van der Waals surface area (Å²) in [6.45, 7) is 1.85. The Kier molecular flexibility index (Phi) is 3.57.